The molecule has 0 spiro atoms. The van der Waals surface area contributed by atoms with Crippen LogP contribution in [0.1, 0.15) is 5.82 Å². The first kappa shape index (κ1) is 21.6. The second kappa shape index (κ2) is 7.98. The Balaban J connectivity index is 1.74. The van der Waals surface area contributed by atoms with Gasteiger partial charge in [0.1, 0.15) is 17.1 Å². The largest absolute Gasteiger partial charge is 0.368 e. The molecule has 1 fully saturated rings. The average Bonchev–Trinajstić information content (AvgIpc) is 3.13. The molecule has 0 radical (unpaired) electrons. The van der Waals surface area contributed by atoms with E-state index in [2.05, 4.69) is 10.3 Å². The van der Waals surface area contributed by atoms with Crippen molar-refractivity contribution >= 4 is 40.7 Å². The molecule has 0 aliphatic carbocycles. The van der Waals surface area contributed by atoms with E-state index in [1.165, 1.54) is 0 Å². The second-order valence-electron chi connectivity index (χ2n) is 8.07. The summed E-state index contributed by atoms with van der Waals surface area (Å²) in [5, 5.41) is 9.15. The van der Waals surface area contributed by atoms with E-state index in [1.54, 1.807) is 11.6 Å². The van der Waals surface area contributed by atoms with Crippen molar-refractivity contribution in [2.45, 2.75) is 12.5 Å². The minimum absolute atomic E-state index is 0.377. The number of halogens is 2. The summed E-state index contributed by atoms with van der Waals surface area (Å²) in [6.07, 6.45) is 0. The fourth-order valence-electron chi connectivity index (χ4n) is 4.13. The molecule has 0 atom stereocenters. The fraction of sp³-hybridized carbons (Fsp3) is 0.217. The lowest BCUT2D eigenvalue weighted by Gasteiger charge is -2.47. The SMILES string of the molecule is CNC1(C(N)=O)CN(c2nc(C)nc3c(-c4ccc(Cl)cc4)c(-c4ccccc4Cl)nn23)C1. The third-order valence-electron chi connectivity index (χ3n) is 6.00. The number of nitrogens with two attached hydrogens (primary N) is 1. The van der Waals surface area contributed by atoms with Gasteiger partial charge >= 0.3 is 0 Å². The maximum Gasteiger partial charge on any atom is 0.241 e. The number of fused-ring (bicyclic) bond motifs is 1. The quantitative estimate of drug-likeness (QED) is 0.453. The smallest absolute Gasteiger partial charge is 0.241 e. The molecule has 8 nitrogen and oxygen atoms in total. The molecule has 2 aromatic carbocycles. The summed E-state index contributed by atoms with van der Waals surface area (Å²) < 4.78 is 1.70. The predicted octanol–water partition coefficient (Wildman–Crippen LogP) is 3.34. The standard InChI is InChI=1S/C23H21Cl2N7O/c1-13-28-20-18(14-7-9-15(24)10-8-14)19(16-5-3-4-6-17(16)25)30-32(20)22(29-13)31-11-23(12-31,27-2)21(26)33/h3-10,27H,11-12H2,1-2H3,(H2,26,33). The molecule has 5 rings (SSSR count). The van der Waals surface area contributed by atoms with E-state index in [-0.39, 0.29) is 0 Å². The zero-order valence-corrected chi connectivity index (χ0v) is 19.5. The molecule has 2 aromatic heterocycles. The number of carbonyl (C=O) groups is 1. The topological polar surface area (TPSA) is 101 Å². The molecule has 10 heteroatoms. The highest BCUT2D eigenvalue weighted by Gasteiger charge is 2.48. The Labute approximate surface area is 200 Å². The lowest BCUT2D eigenvalue weighted by molar-refractivity contribution is -0.125. The van der Waals surface area contributed by atoms with Crippen LogP contribution < -0.4 is 16.0 Å². The van der Waals surface area contributed by atoms with Gasteiger partial charge < -0.3 is 16.0 Å². The molecule has 1 amide bonds. The first-order valence-corrected chi connectivity index (χ1v) is 11.1. The van der Waals surface area contributed by atoms with Crippen molar-refractivity contribution in [2.75, 3.05) is 25.0 Å². The Bertz CT molecular complexity index is 1380. The highest BCUT2D eigenvalue weighted by Crippen LogP contribution is 2.39. The molecule has 0 saturated carbocycles. The van der Waals surface area contributed by atoms with Crippen LogP contribution in [0.5, 0.6) is 0 Å². The van der Waals surface area contributed by atoms with Gasteiger partial charge in [-0.05, 0) is 37.7 Å². The monoisotopic (exact) mass is 481 g/mol. The highest BCUT2D eigenvalue weighted by molar-refractivity contribution is 6.33. The van der Waals surface area contributed by atoms with E-state index in [9.17, 15) is 4.79 Å². The van der Waals surface area contributed by atoms with Crippen LogP contribution in [0.25, 0.3) is 28.0 Å². The Morgan fingerprint density at radius 2 is 1.79 bits per heavy atom. The first-order chi connectivity index (χ1) is 15.8. The van der Waals surface area contributed by atoms with Crippen LogP contribution >= 0.6 is 23.2 Å². The van der Waals surface area contributed by atoms with Crippen LogP contribution in [0.15, 0.2) is 48.5 Å². The third kappa shape index (κ3) is 3.51. The summed E-state index contributed by atoms with van der Waals surface area (Å²) in [5.74, 6) is 0.764. The highest BCUT2D eigenvalue weighted by atomic mass is 35.5. The number of primary amides is 1. The summed E-state index contributed by atoms with van der Waals surface area (Å²) in [4.78, 5) is 23.3. The van der Waals surface area contributed by atoms with Crippen LogP contribution in [-0.2, 0) is 4.79 Å². The molecule has 168 valence electrons. The van der Waals surface area contributed by atoms with E-state index >= 15 is 0 Å². The third-order valence-corrected chi connectivity index (χ3v) is 6.58. The van der Waals surface area contributed by atoms with Crippen molar-refractivity contribution < 1.29 is 4.79 Å². The Morgan fingerprint density at radius 1 is 1.09 bits per heavy atom. The van der Waals surface area contributed by atoms with E-state index < -0.39 is 11.4 Å². The molecule has 4 aromatic rings. The zero-order chi connectivity index (χ0) is 23.3. The fourth-order valence-corrected chi connectivity index (χ4v) is 4.49. The van der Waals surface area contributed by atoms with Gasteiger partial charge in [-0.3, -0.25) is 4.79 Å². The van der Waals surface area contributed by atoms with Crippen LogP contribution in [0.3, 0.4) is 0 Å². The van der Waals surface area contributed by atoms with Crippen molar-refractivity contribution in [3.63, 3.8) is 0 Å². The molecule has 0 unspecified atom stereocenters. The number of benzene rings is 2. The van der Waals surface area contributed by atoms with Crippen LogP contribution in [0.4, 0.5) is 5.95 Å². The Hall–Kier alpha value is -3.20. The lowest BCUT2D eigenvalue weighted by atomic mass is 9.89. The zero-order valence-electron chi connectivity index (χ0n) is 18.0. The summed E-state index contributed by atoms with van der Waals surface area (Å²) in [6, 6.07) is 15.1. The molecule has 0 bridgehead atoms. The number of likely N-dealkylation sites (N-methyl/N-ethyl adjacent to an activating group) is 1. The van der Waals surface area contributed by atoms with Gasteiger partial charge in [-0.25, -0.2) is 4.98 Å². The number of nitrogens with zero attached hydrogens (tertiary/aromatic N) is 5. The number of anilines is 1. The average molecular weight is 482 g/mol. The summed E-state index contributed by atoms with van der Waals surface area (Å²) in [7, 11) is 1.73. The normalized spacial score (nSPS) is 15.0. The molecule has 1 aliphatic heterocycles. The summed E-state index contributed by atoms with van der Waals surface area (Å²) >= 11 is 12.7. The molecule has 3 N–H and O–H groups in total. The van der Waals surface area contributed by atoms with E-state index in [0.717, 1.165) is 16.7 Å². The minimum Gasteiger partial charge on any atom is -0.368 e. The van der Waals surface area contributed by atoms with Crippen molar-refractivity contribution in [3.05, 3.63) is 64.4 Å². The van der Waals surface area contributed by atoms with Crippen molar-refractivity contribution in [3.8, 4) is 22.4 Å². The molecule has 1 saturated heterocycles. The first-order valence-electron chi connectivity index (χ1n) is 10.3. The van der Waals surface area contributed by atoms with E-state index in [4.69, 9.17) is 39.0 Å². The predicted molar refractivity (Wildman–Crippen MR) is 130 cm³/mol. The van der Waals surface area contributed by atoms with E-state index in [1.807, 2.05) is 60.4 Å². The number of nitrogens with one attached hydrogen (secondary N) is 1. The number of aromatic nitrogens is 4. The molecule has 3 heterocycles. The second-order valence-corrected chi connectivity index (χ2v) is 8.91. The van der Waals surface area contributed by atoms with Gasteiger partial charge in [0.15, 0.2) is 5.65 Å². The number of carbonyl (C=O) groups excluding carboxylic acids is 1. The Kier molecular flexibility index (Phi) is 5.23. The lowest BCUT2D eigenvalue weighted by Crippen LogP contribution is -2.74. The maximum absolute atomic E-state index is 12.0. The molecule has 1 aliphatic rings. The van der Waals surface area contributed by atoms with Gasteiger partial charge in [0.05, 0.1) is 10.6 Å². The maximum atomic E-state index is 12.0. The van der Waals surface area contributed by atoms with Crippen molar-refractivity contribution in [2.24, 2.45) is 5.73 Å². The van der Waals surface area contributed by atoms with Crippen molar-refractivity contribution in [1.82, 2.24) is 24.9 Å². The van der Waals surface area contributed by atoms with Gasteiger partial charge in [0, 0.05) is 23.7 Å². The molecule has 33 heavy (non-hydrogen) atoms. The summed E-state index contributed by atoms with van der Waals surface area (Å²) in [6.45, 7) is 2.58. The number of aryl methyl sites for hydroxylation is 1. The summed E-state index contributed by atoms with van der Waals surface area (Å²) in [5.41, 5.74) is 8.64. The minimum atomic E-state index is -0.803. The number of hydrogen-bond donors (Lipinski definition) is 2. The van der Waals surface area contributed by atoms with Gasteiger partial charge in [-0.1, -0.05) is 53.5 Å². The number of rotatable bonds is 5. The Morgan fingerprint density at radius 3 is 2.42 bits per heavy atom. The van der Waals surface area contributed by atoms with Crippen molar-refractivity contribution in [1.29, 1.82) is 0 Å². The molecular formula is C23H21Cl2N7O. The van der Waals surface area contributed by atoms with E-state index in [0.29, 0.717) is 46.2 Å². The van der Waals surface area contributed by atoms with Gasteiger partial charge in [-0.15, -0.1) is 0 Å². The van der Waals surface area contributed by atoms with Crippen LogP contribution in [0.2, 0.25) is 10.0 Å². The van der Waals surface area contributed by atoms with Gasteiger partial charge in [0.25, 0.3) is 0 Å². The van der Waals surface area contributed by atoms with Gasteiger partial charge in [0.2, 0.25) is 11.9 Å². The number of amides is 1. The van der Waals surface area contributed by atoms with Crippen LogP contribution in [0, 0.1) is 6.92 Å². The van der Waals surface area contributed by atoms with Crippen LogP contribution in [-0.4, -0.2) is 51.2 Å². The molecular weight excluding hydrogens is 461 g/mol. The number of hydrogen-bond acceptors (Lipinski definition) is 6. The van der Waals surface area contributed by atoms with Gasteiger partial charge in [-0.2, -0.15) is 14.6 Å².